The highest BCUT2D eigenvalue weighted by Crippen LogP contribution is 2.34. The van der Waals surface area contributed by atoms with Gasteiger partial charge in [-0.3, -0.25) is 14.6 Å². The van der Waals surface area contributed by atoms with Gasteiger partial charge in [0.15, 0.2) is 5.78 Å². The number of hydrogen-bond donors (Lipinski definition) is 0. The average molecular weight is 272 g/mol. The Labute approximate surface area is 121 Å². The van der Waals surface area contributed by atoms with Gasteiger partial charge in [-0.05, 0) is 32.4 Å². The Kier molecular flexibility index (Phi) is 3.65. The Balaban J connectivity index is 1.63. The number of Topliss-reactive ketones (excluding diaryl/α,β-unsaturated/α-hetero) is 1. The van der Waals surface area contributed by atoms with Crippen molar-refractivity contribution in [3.05, 3.63) is 35.4 Å². The first-order valence-corrected chi connectivity index (χ1v) is 7.63. The van der Waals surface area contributed by atoms with E-state index in [-0.39, 0.29) is 5.54 Å². The highest BCUT2D eigenvalue weighted by molar-refractivity contribution is 5.90. The topological polar surface area (TPSA) is 23.6 Å². The van der Waals surface area contributed by atoms with Crippen molar-refractivity contribution in [1.82, 2.24) is 9.80 Å². The summed E-state index contributed by atoms with van der Waals surface area (Å²) in [6, 6.07) is 8.73. The fourth-order valence-corrected chi connectivity index (χ4v) is 3.74. The highest BCUT2D eigenvalue weighted by atomic mass is 16.1. The molecule has 2 heterocycles. The smallest absolute Gasteiger partial charge is 0.154 e. The Morgan fingerprint density at radius 1 is 1.20 bits per heavy atom. The third-order valence-corrected chi connectivity index (χ3v) is 5.10. The molecular formula is C17H24N2O. The molecule has 1 spiro atoms. The molecule has 1 aromatic carbocycles. The minimum Gasteiger partial charge on any atom is -0.299 e. The molecule has 20 heavy (non-hydrogen) atoms. The number of piperidine rings is 1. The van der Waals surface area contributed by atoms with E-state index in [1.54, 1.807) is 0 Å². The normalized spacial score (nSPS) is 23.6. The van der Waals surface area contributed by atoms with E-state index >= 15 is 0 Å². The molecule has 2 aliphatic heterocycles. The zero-order valence-electron chi connectivity index (χ0n) is 12.6. The molecular weight excluding hydrogens is 248 g/mol. The van der Waals surface area contributed by atoms with Crippen LogP contribution < -0.4 is 0 Å². The van der Waals surface area contributed by atoms with Gasteiger partial charge in [0.25, 0.3) is 0 Å². The largest absolute Gasteiger partial charge is 0.299 e. The van der Waals surface area contributed by atoms with Crippen molar-refractivity contribution in [2.45, 2.75) is 38.3 Å². The fourth-order valence-electron chi connectivity index (χ4n) is 3.74. The van der Waals surface area contributed by atoms with Gasteiger partial charge in [-0.25, -0.2) is 0 Å². The number of ketones is 1. The van der Waals surface area contributed by atoms with E-state index in [1.807, 2.05) is 0 Å². The van der Waals surface area contributed by atoms with Gasteiger partial charge in [0.2, 0.25) is 0 Å². The van der Waals surface area contributed by atoms with Gasteiger partial charge in [0, 0.05) is 32.6 Å². The average Bonchev–Trinajstić information content (AvgIpc) is 2.70. The molecule has 2 fully saturated rings. The van der Waals surface area contributed by atoms with E-state index in [2.05, 4.69) is 48.0 Å². The minimum absolute atomic E-state index is 0.136. The zero-order chi connectivity index (χ0) is 14.2. The van der Waals surface area contributed by atoms with Crippen molar-refractivity contribution in [2.75, 3.05) is 26.7 Å². The Morgan fingerprint density at radius 2 is 1.95 bits per heavy atom. The summed E-state index contributed by atoms with van der Waals surface area (Å²) in [4.78, 5) is 17.0. The fraction of sp³-hybridized carbons (Fsp3) is 0.588. The van der Waals surface area contributed by atoms with Gasteiger partial charge in [0.05, 0.1) is 5.54 Å². The standard InChI is InChI=1S/C17H24N2O/c1-14-4-3-5-15(12-14)13-19-10-7-17(8-11-19)16(20)6-9-18(17)2/h3-5,12H,6-11,13H2,1-2H3. The summed E-state index contributed by atoms with van der Waals surface area (Å²) in [5, 5.41) is 0. The molecule has 2 aliphatic rings. The van der Waals surface area contributed by atoms with Crippen LogP contribution in [-0.4, -0.2) is 47.8 Å². The number of nitrogens with zero attached hydrogens (tertiary/aromatic N) is 2. The number of carbonyl (C=O) groups excluding carboxylic acids is 1. The molecule has 3 heteroatoms. The van der Waals surface area contributed by atoms with E-state index in [4.69, 9.17) is 0 Å². The van der Waals surface area contributed by atoms with E-state index in [0.29, 0.717) is 5.78 Å². The first kappa shape index (κ1) is 13.8. The van der Waals surface area contributed by atoms with Crippen molar-refractivity contribution in [3.8, 4) is 0 Å². The lowest BCUT2D eigenvalue weighted by Crippen LogP contribution is -2.54. The molecule has 0 unspecified atom stereocenters. The summed E-state index contributed by atoms with van der Waals surface area (Å²) >= 11 is 0. The molecule has 0 atom stereocenters. The number of likely N-dealkylation sites (tertiary alicyclic amines) is 2. The maximum atomic E-state index is 12.2. The molecule has 0 aliphatic carbocycles. The van der Waals surface area contributed by atoms with Crippen LogP contribution in [0.1, 0.15) is 30.4 Å². The second-order valence-electron chi connectivity index (χ2n) is 6.39. The first-order valence-electron chi connectivity index (χ1n) is 7.63. The van der Waals surface area contributed by atoms with Gasteiger partial charge >= 0.3 is 0 Å². The number of hydrogen-bond acceptors (Lipinski definition) is 3. The van der Waals surface area contributed by atoms with Crippen LogP contribution in [0.3, 0.4) is 0 Å². The maximum Gasteiger partial charge on any atom is 0.154 e. The van der Waals surface area contributed by atoms with E-state index in [1.165, 1.54) is 11.1 Å². The van der Waals surface area contributed by atoms with Gasteiger partial charge < -0.3 is 0 Å². The molecule has 3 rings (SSSR count). The summed E-state index contributed by atoms with van der Waals surface area (Å²) < 4.78 is 0. The van der Waals surface area contributed by atoms with Crippen LogP contribution in [0.15, 0.2) is 24.3 Å². The number of aryl methyl sites for hydroxylation is 1. The number of carbonyl (C=O) groups is 1. The third kappa shape index (κ3) is 2.40. The predicted octanol–water partition coefficient (Wildman–Crippen LogP) is 2.23. The quantitative estimate of drug-likeness (QED) is 0.825. The SMILES string of the molecule is Cc1cccc(CN2CCC3(CC2)C(=O)CCN3C)c1. The molecule has 0 saturated carbocycles. The molecule has 3 nitrogen and oxygen atoms in total. The summed E-state index contributed by atoms with van der Waals surface area (Å²) in [5.74, 6) is 0.468. The summed E-state index contributed by atoms with van der Waals surface area (Å²) in [6.45, 7) is 6.15. The number of benzene rings is 1. The Morgan fingerprint density at radius 3 is 2.55 bits per heavy atom. The molecule has 0 amide bonds. The lowest BCUT2D eigenvalue weighted by molar-refractivity contribution is -0.127. The highest BCUT2D eigenvalue weighted by Gasteiger charge is 2.47. The van der Waals surface area contributed by atoms with Crippen LogP contribution in [0, 0.1) is 6.92 Å². The van der Waals surface area contributed by atoms with E-state index in [9.17, 15) is 4.79 Å². The summed E-state index contributed by atoms with van der Waals surface area (Å²) in [7, 11) is 2.11. The van der Waals surface area contributed by atoms with Crippen LogP contribution in [0.2, 0.25) is 0 Å². The van der Waals surface area contributed by atoms with Gasteiger partial charge in [0.1, 0.15) is 0 Å². The second kappa shape index (κ2) is 5.30. The number of likely N-dealkylation sites (N-methyl/N-ethyl adjacent to an activating group) is 1. The van der Waals surface area contributed by atoms with Crippen molar-refractivity contribution in [2.24, 2.45) is 0 Å². The van der Waals surface area contributed by atoms with E-state index < -0.39 is 0 Å². The molecule has 0 radical (unpaired) electrons. The van der Waals surface area contributed by atoms with Crippen LogP contribution in [0.5, 0.6) is 0 Å². The van der Waals surface area contributed by atoms with Crippen LogP contribution in [0.4, 0.5) is 0 Å². The maximum absolute atomic E-state index is 12.2. The van der Waals surface area contributed by atoms with Crippen LogP contribution in [-0.2, 0) is 11.3 Å². The Hall–Kier alpha value is -1.19. The molecule has 1 aromatic rings. The molecule has 0 N–H and O–H groups in total. The van der Waals surface area contributed by atoms with Gasteiger partial charge in [-0.15, -0.1) is 0 Å². The molecule has 108 valence electrons. The van der Waals surface area contributed by atoms with Crippen molar-refractivity contribution >= 4 is 5.78 Å². The minimum atomic E-state index is -0.136. The zero-order valence-corrected chi connectivity index (χ0v) is 12.6. The lowest BCUT2D eigenvalue weighted by atomic mass is 9.84. The van der Waals surface area contributed by atoms with Crippen molar-refractivity contribution in [3.63, 3.8) is 0 Å². The van der Waals surface area contributed by atoms with Crippen LogP contribution in [0.25, 0.3) is 0 Å². The Bertz CT molecular complexity index is 503. The molecule has 0 bridgehead atoms. The van der Waals surface area contributed by atoms with Gasteiger partial charge in [-0.1, -0.05) is 29.8 Å². The van der Waals surface area contributed by atoms with E-state index in [0.717, 1.165) is 45.4 Å². The van der Waals surface area contributed by atoms with Crippen molar-refractivity contribution < 1.29 is 4.79 Å². The molecule has 2 saturated heterocycles. The number of rotatable bonds is 2. The van der Waals surface area contributed by atoms with Crippen molar-refractivity contribution in [1.29, 1.82) is 0 Å². The predicted molar refractivity (Wildman–Crippen MR) is 80.7 cm³/mol. The summed E-state index contributed by atoms with van der Waals surface area (Å²) in [6.07, 6.45) is 2.73. The van der Waals surface area contributed by atoms with Crippen LogP contribution >= 0.6 is 0 Å². The first-order chi connectivity index (χ1) is 9.60. The molecule has 0 aromatic heterocycles. The second-order valence-corrected chi connectivity index (χ2v) is 6.39. The monoisotopic (exact) mass is 272 g/mol. The summed E-state index contributed by atoms with van der Waals surface area (Å²) in [5.41, 5.74) is 2.57. The van der Waals surface area contributed by atoms with Gasteiger partial charge in [-0.2, -0.15) is 0 Å². The lowest BCUT2D eigenvalue weighted by Gasteiger charge is -2.42. The third-order valence-electron chi connectivity index (χ3n) is 5.10.